The number of carbonyl (C=O) groups is 2. The highest BCUT2D eigenvalue weighted by molar-refractivity contribution is 7.98. The SMILES string of the molecule is CSCCC(NC(N)=O)C(=O)NCC1(CO)CCCC1. The molecule has 5 N–H and O–H groups in total. The number of urea groups is 1. The zero-order chi connectivity index (χ0) is 15.0. The predicted octanol–water partition coefficient (Wildman–Crippen LogP) is 0.445. The lowest BCUT2D eigenvalue weighted by atomic mass is 9.87. The Morgan fingerprint density at radius 3 is 2.55 bits per heavy atom. The minimum absolute atomic E-state index is 0.0893. The predicted molar refractivity (Wildman–Crippen MR) is 80.5 cm³/mol. The summed E-state index contributed by atoms with van der Waals surface area (Å²) in [4.78, 5) is 23.1. The number of aliphatic hydroxyl groups is 1. The molecule has 1 aliphatic carbocycles. The van der Waals surface area contributed by atoms with E-state index in [2.05, 4.69) is 10.6 Å². The Morgan fingerprint density at radius 2 is 2.05 bits per heavy atom. The van der Waals surface area contributed by atoms with Gasteiger partial charge in [0, 0.05) is 12.0 Å². The van der Waals surface area contributed by atoms with Crippen molar-refractivity contribution in [2.75, 3.05) is 25.2 Å². The largest absolute Gasteiger partial charge is 0.396 e. The summed E-state index contributed by atoms with van der Waals surface area (Å²) in [6.07, 6.45) is 6.53. The Hall–Kier alpha value is -0.950. The minimum atomic E-state index is -0.691. The Balaban J connectivity index is 2.49. The molecule has 1 saturated carbocycles. The maximum atomic E-state index is 12.1. The van der Waals surface area contributed by atoms with Crippen LogP contribution in [-0.4, -0.2) is 48.2 Å². The molecular weight excluding hydrogens is 278 g/mol. The van der Waals surface area contributed by atoms with Gasteiger partial charge in [-0.1, -0.05) is 12.8 Å². The molecule has 7 heteroatoms. The van der Waals surface area contributed by atoms with Gasteiger partial charge in [0.1, 0.15) is 6.04 Å². The number of aliphatic hydroxyl groups excluding tert-OH is 1. The minimum Gasteiger partial charge on any atom is -0.396 e. The molecule has 0 aliphatic heterocycles. The van der Waals surface area contributed by atoms with Crippen LogP contribution in [0.25, 0.3) is 0 Å². The Kier molecular flexibility index (Phi) is 7.15. The number of hydrogen-bond donors (Lipinski definition) is 4. The first-order valence-corrected chi connectivity index (χ1v) is 8.36. The van der Waals surface area contributed by atoms with E-state index >= 15 is 0 Å². The van der Waals surface area contributed by atoms with Crippen molar-refractivity contribution in [2.24, 2.45) is 11.1 Å². The van der Waals surface area contributed by atoms with Crippen LogP contribution >= 0.6 is 11.8 Å². The van der Waals surface area contributed by atoms with Crippen molar-refractivity contribution in [1.29, 1.82) is 0 Å². The molecule has 0 aromatic heterocycles. The maximum Gasteiger partial charge on any atom is 0.312 e. The van der Waals surface area contributed by atoms with Crippen LogP contribution in [-0.2, 0) is 4.79 Å². The number of rotatable bonds is 8. The molecule has 1 unspecified atom stereocenters. The van der Waals surface area contributed by atoms with Gasteiger partial charge in [-0.3, -0.25) is 4.79 Å². The summed E-state index contributed by atoms with van der Waals surface area (Å²) in [6, 6.07) is -1.29. The number of carbonyl (C=O) groups excluding carboxylic acids is 2. The van der Waals surface area contributed by atoms with E-state index in [-0.39, 0.29) is 17.9 Å². The molecule has 0 heterocycles. The molecule has 0 aromatic rings. The molecule has 0 saturated heterocycles. The summed E-state index contributed by atoms with van der Waals surface area (Å²) in [6.45, 7) is 0.546. The van der Waals surface area contributed by atoms with Gasteiger partial charge in [-0.15, -0.1) is 0 Å². The maximum absolute atomic E-state index is 12.1. The second-order valence-electron chi connectivity index (χ2n) is 5.43. The highest BCUT2D eigenvalue weighted by Gasteiger charge is 2.34. The molecule has 1 atom stereocenters. The highest BCUT2D eigenvalue weighted by Crippen LogP contribution is 2.36. The molecule has 1 aliphatic rings. The van der Waals surface area contributed by atoms with Gasteiger partial charge in [0.05, 0.1) is 6.61 Å². The van der Waals surface area contributed by atoms with E-state index in [0.717, 1.165) is 31.4 Å². The lowest BCUT2D eigenvalue weighted by Crippen LogP contribution is -2.51. The normalized spacial score (nSPS) is 18.5. The molecule has 0 bridgehead atoms. The zero-order valence-corrected chi connectivity index (χ0v) is 12.8. The number of thioether (sulfide) groups is 1. The molecular formula is C13H25N3O3S. The van der Waals surface area contributed by atoms with Crippen molar-refractivity contribution >= 4 is 23.7 Å². The molecule has 6 nitrogen and oxygen atoms in total. The zero-order valence-electron chi connectivity index (χ0n) is 12.0. The number of primary amides is 1. The third-order valence-corrected chi connectivity index (χ3v) is 4.52. The molecule has 0 spiro atoms. The molecule has 116 valence electrons. The average molecular weight is 303 g/mol. The second kappa shape index (κ2) is 8.36. The van der Waals surface area contributed by atoms with Crippen molar-refractivity contribution in [3.05, 3.63) is 0 Å². The lowest BCUT2D eigenvalue weighted by molar-refractivity contribution is -0.123. The van der Waals surface area contributed by atoms with Gasteiger partial charge in [-0.05, 0) is 31.3 Å². The van der Waals surface area contributed by atoms with Gasteiger partial charge in [-0.2, -0.15) is 11.8 Å². The van der Waals surface area contributed by atoms with Crippen molar-refractivity contribution in [3.8, 4) is 0 Å². The molecule has 0 aromatic carbocycles. The topological polar surface area (TPSA) is 104 Å². The summed E-state index contributed by atoms with van der Waals surface area (Å²) in [7, 11) is 0. The Morgan fingerprint density at radius 1 is 1.40 bits per heavy atom. The summed E-state index contributed by atoms with van der Waals surface area (Å²) in [5.74, 6) is 0.543. The van der Waals surface area contributed by atoms with E-state index in [1.165, 1.54) is 0 Å². The fourth-order valence-electron chi connectivity index (χ4n) is 2.59. The van der Waals surface area contributed by atoms with Crippen molar-refractivity contribution in [3.63, 3.8) is 0 Å². The van der Waals surface area contributed by atoms with Crippen LogP contribution < -0.4 is 16.4 Å². The molecule has 20 heavy (non-hydrogen) atoms. The third-order valence-electron chi connectivity index (χ3n) is 3.88. The van der Waals surface area contributed by atoms with Crippen LogP contribution in [0, 0.1) is 5.41 Å². The van der Waals surface area contributed by atoms with Gasteiger partial charge in [0.15, 0.2) is 0 Å². The Bertz CT molecular complexity index is 333. The summed E-state index contributed by atoms with van der Waals surface area (Å²) >= 11 is 1.61. The second-order valence-corrected chi connectivity index (χ2v) is 6.41. The Labute approximate surface area is 124 Å². The first kappa shape index (κ1) is 17.1. The van der Waals surface area contributed by atoms with Gasteiger partial charge in [0.2, 0.25) is 5.91 Å². The number of hydrogen-bond acceptors (Lipinski definition) is 4. The van der Waals surface area contributed by atoms with Crippen LogP contribution in [0.15, 0.2) is 0 Å². The smallest absolute Gasteiger partial charge is 0.312 e. The number of amides is 3. The van der Waals surface area contributed by atoms with E-state index in [1.54, 1.807) is 11.8 Å². The van der Waals surface area contributed by atoms with Crippen LogP contribution in [0.5, 0.6) is 0 Å². The number of nitrogens with two attached hydrogens (primary N) is 1. The quantitative estimate of drug-likeness (QED) is 0.522. The van der Waals surface area contributed by atoms with Crippen molar-refractivity contribution < 1.29 is 14.7 Å². The molecule has 3 amide bonds. The van der Waals surface area contributed by atoms with Gasteiger partial charge in [0.25, 0.3) is 0 Å². The van der Waals surface area contributed by atoms with Crippen LogP contribution in [0.1, 0.15) is 32.1 Å². The van der Waals surface area contributed by atoms with E-state index in [1.807, 2.05) is 6.26 Å². The first-order valence-electron chi connectivity index (χ1n) is 6.96. The fraction of sp³-hybridized carbons (Fsp3) is 0.846. The summed E-state index contributed by atoms with van der Waals surface area (Å²) < 4.78 is 0. The highest BCUT2D eigenvalue weighted by atomic mass is 32.2. The van der Waals surface area contributed by atoms with Crippen LogP contribution in [0.4, 0.5) is 4.79 Å². The van der Waals surface area contributed by atoms with E-state index in [4.69, 9.17) is 5.73 Å². The lowest BCUT2D eigenvalue weighted by Gasteiger charge is -2.28. The van der Waals surface area contributed by atoms with Gasteiger partial charge in [-0.25, -0.2) is 4.79 Å². The van der Waals surface area contributed by atoms with Crippen molar-refractivity contribution in [2.45, 2.75) is 38.1 Å². The molecule has 1 fully saturated rings. The number of nitrogens with one attached hydrogen (secondary N) is 2. The average Bonchev–Trinajstić information content (AvgIpc) is 2.90. The van der Waals surface area contributed by atoms with E-state index < -0.39 is 12.1 Å². The fourth-order valence-corrected chi connectivity index (χ4v) is 3.06. The van der Waals surface area contributed by atoms with E-state index in [0.29, 0.717) is 13.0 Å². The monoisotopic (exact) mass is 303 g/mol. The molecule has 1 rings (SSSR count). The van der Waals surface area contributed by atoms with Crippen molar-refractivity contribution in [1.82, 2.24) is 10.6 Å². The van der Waals surface area contributed by atoms with Crippen LogP contribution in [0.2, 0.25) is 0 Å². The summed E-state index contributed by atoms with van der Waals surface area (Å²) in [5, 5.41) is 14.8. The molecule has 0 radical (unpaired) electrons. The third kappa shape index (κ3) is 5.20. The summed E-state index contributed by atoms with van der Waals surface area (Å²) in [5.41, 5.74) is 4.91. The van der Waals surface area contributed by atoms with Gasteiger partial charge < -0.3 is 21.5 Å². The van der Waals surface area contributed by atoms with Crippen LogP contribution in [0.3, 0.4) is 0 Å². The van der Waals surface area contributed by atoms with E-state index in [9.17, 15) is 14.7 Å². The standard InChI is InChI=1S/C13H25N3O3S/c1-20-7-4-10(16-12(14)19)11(18)15-8-13(9-17)5-2-3-6-13/h10,17H,2-9H2,1H3,(H,15,18)(H3,14,16,19). The first-order chi connectivity index (χ1) is 9.53. The van der Waals surface area contributed by atoms with Gasteiger partial charge >= 0.3 is 6.03 Å².